The Kier molecular flexibility index (Phi) is 6.41. The Bertz CT molecular complexity index is 1220. The minimum Gasteiger partial charge on any atom is -0.493 e. The van der Waals surface area contributed by atoms with Crippen LogP contribution in [0.5, 0.6) is 11.5 Å². The first-order valence-electron chi connectivity index (χ1n) is 11.5. The number of fused-ring (bicyclic) bond motifs is 1. The summed E-state index contributed by atoms with van der Waals surface area (Å²) in [6.07, 6.45) is 6.76. The Balaban J connectivity index is 1.36. The fourth-order valence-electron chi connectivity index (χ4n) is 4.84. The molecule has 1 aromatic heterocycles. The number of carbonyl (C=O) groups is 1. The van der Waals surface area contributed by atoms with Crippen molar-refractivity contribution in [2.24, 2.45) is 0 Å². The van der Waals surface area contributed by atoms with Crippen molar-refractivity contribution < 1.29 is 18.7 Å². The summed E-state index contributed by atoms with van der Waals surface area (Å²) in [4.78, 5) is 22.9. The molecule has 0 bridgehead atoms. The minimum absolute atomic E-state index is 0.0280. The molecule has 2 heterocycles. The molecule has 1 aliphatic carbocycles. The van der Waals surface area contributed by atoms with E-state index in [0.29, 0.717) is 41.0 Å². The molecule has 7 nitrogen and oxygen atoms in total. The molecule has 3 aromatic rings. The third-order valence-corrected chi connectivity index (χ3v) is 6.88. The smallest absolute Gasteiger partial charge is 0.222 e. The number of rotatable bonds is 6. The van der Waals surface area contributed by atoms with Gasteiger partial charge in [-0.15, -0.1) is 0 Å². The van der Waals surface area contributed by atoms with E-state index in [9.17, 15) is 9.18 Å². The van der Waals surface area contributed by atoms with Crippen LogP contribution in [0.3, 0.4) is 0 Å². The van der Waals surface area contributed by atoms with Crippen LogP contribution in [0.25, 0.3) is 10.9 Å². The molecule has 1 aliphatic heterocycles. The number of amides is 1. The molecule has 1 amide bonds. The van der Waals surface area contributed by atoms with Gasteiger partial charge in [-0.1, -0.05) is 11.6 Å². The van der Waals surface area contributed by atoms with E-state index < -0.39 is 5.82 Å². The highest BCUT2D eigenvalue weighted by Crippen LogP contribution is 2.37. The number of benzene rings is 2. The van der Waals surface area contributed by atoms with Crippen LogP contribution in [0, 0.1) is 5.82 Å². The first kappa shape index (κ1) is 22.7. The van der Waals surface area contributed by atoms with E-state index in [1.807, 2.05) is 17.0 Å². The van der Waals surface area contributed by atoms with E-state index in [0.717, 1.165) is 44.0 Å². The molecule has 0 atom stereocenters. The summed E-state index contributed by atoms with van der Waals surface area (Å²) in [7, 11) is 1.60. The van der Waals surface area contributed by atoms with Gasteiger partial charge in [0, 0.05) is 36.1 Å². The second-order valence-corrected chi connectivity index (χ2v) is 9.14. The van der Waals surface area contributed by atoms with Gasteiger partial charge in [0.25, 0.3) is 0 Å². The highest BCUT2D eigenvalue weighted by molar-refractivity contribution is 6.31. The van der Waals surface area contributed by atoms with E-state index in [2.05, 4.69) is 15.3 Å². The van der Waals surface area contributed by atoms with Gasteiger partial charge < -0.3 is 19.7 Å². The van der Waals surface area contributed by atoms with E-state index in [1.54, 1.807) is 13.2 Å². The molecule has 1 saturated heterocycles. The maximum Gasteiger partial charge on any atom is 0.222 e. The standard InChI is InChI=1S/C25H26ClFN4O3/c1-33-22-13-21-18(25(29-14-28-21)30-15-4-9-20(27)19(26)11-15)12-23(22)34-17-7-5-16(6-8-17)31-10-2-3-24(31)32/h4,9,11-14,16-17H,2-3,5-8,10H2,1H3,(H,28,29,30). The average molecular weight is 485 g/mol. The molecule has 34 heavy (non-hydrogen) atoms. The second kappa shape index (κ2) is 9.62. The highest BCUT2D eigenvalue weighted by Gasteiger charge is 2.32. The molecule has 2 aliphatic rings. The van der Waals surface area contributed by atoms with Gasteiger partial charge >= 0.3 is 0 Å². The normalized spacial score (nSPS) is 20.6. The number of hydrogen-bond donors (Lipinski definition) is 1. The molecule has 1 N–H and O–H groups in total. The van der Waals surface area contributed by atoms with E-state index in [4.69, 9.17) is 21.1 Å². The van der Waals surface area contributed by atoms with E-state index in [1.165, 1.54) is 18.5 Å². The summed E-state index contributed by atoms with van der Waals surface area (Å²) in [6, 6.07) is 8.42. The largest absolute Gasteiger partial charge is 0.493 e. The number of aromatic nitrogens is 2. The van der Waals surface area contributed by atoms with Crippen LogP contribution in [0.15, 0.2) is 36.7 Å². The van der Waals surface area contributed by atoms with Crippen LogP contribution >= 0.6 is 11.6 Å². The lowest BCUT2D eigenvalue weighted by Crippen LogP contribution is -2.40. The maximum atomic E-state index is 13.5. The number of ether oxygens (including phenoxy) is 2. The van der Waals surface area contributed by atoms with Gasteiger partial charge in [0.05, 0.1) is 23.8 Å². The Hall–Kier alpha value is -3.13. The van der Waals surface area contributed by atoms with Gasteiger partial charge in [-0.25, -0.2) is 14.4 Å². The molecule has 2 fully saturated rings. The lowest BCUT2D eigenvalue weighted by molar-refractivity contribution is -0.130. The van der Waals surface area contributed by atoms with Gasteiger partial charge in [0.15, 0.2) is 11.5 Å². The number of nitrogens with zero attached hydrogens (tertiary/aromatic N) is 3. The molecular weight excluding hydrogens is 459 g/mol. The lowest BCUT2D eigenvalue weighted by atomic mass is 9.92. The Morgan fingerprint density at radius 3 is 2.65 bits per heavy atom. The fourth-order valence-corrected chi connectivity index (χ4v) is 5.02. The summed E-state index contributed by atoms with van der Waals surface area (Å²) in [5.74, 6) is 1.56. The summed E-state index contributed by atoms with van der Waals surface area (Å²) < 4.78 is 25.5. The predicted octanol–water partition coefficient (Wildman–Crippen LogP) is 5.49. The predicted molar refractivity (Wildman–Crippen MR) is 128 cm³/mol. The van der Waals surface area contributed by atoms with Crippen LogP contribution < -0.4 is 14.8 Å². The highest BCUT2D eigenvalue weighted by atomic mass is 35.5. The molecule has 5 rings (SSSR count). The van der Waals surface area contributed by atoms with E-state index in [-0.39, 0.29) is 17.0 Å². The van der Waals surface area contributed by atoms with Crippen molar-refractivity contribution in [3.63, 3.8) is 0 Å². The zero-order valence-electron chi connectivity index (χ0n) is 18.9. The van der Waals surface area contributed by atoms with Crippen LogP contribution in [0.1, 0.15) is 38.5 Å². The van der Waals surface area contributed by atoms with E-state index >= 15 is 0 Å². The minimum atomic E-state index is -0.482. The molecule has 0 unspecified atom stereocenters. The summed E-state index contributed by atoms with van der Waals surface area (Å²) >= 11 is 5.93. The molecule has 2 aromatic carbocycles. The van der Waals surface area contributed by atoms with Gasteiger partial charge in [-0.2, -0.15) is 0 Å². The van der Waals surface area contributed by atoms with Crippen molar-refractivity contribution in [1.82, 2.24) is 14.9 Å². The maximum absolute atomic E-state index is 13.5. The molecule has 0 radical (unpaired) electrons. The zero-order valence-corrected chi connectivity index (χ0v) is 19.6. The molecular formula is C25H26ClFN4O3. The third kappa shape index (κ3) is 4.59. The van der Waals surface area contributed by atoms with Crippen molar-refractivity contribution in [3.8, 4) is 11.5 Å². The number of carbonyl (C=O) groups excluding carboxylic acids is 1. The third-order valence-electron chi connectivity index (χ3n) is 6.59. The van der Waals surface area contributed by atoms with Crippen LogP contribution in [-0.4, -0.2) is 46.6 Å². The van der Waals surface area contributed by atoms with Crippen molar-refractivity contribution in [1.29, 1.82) is 0 Å². The number of hydrogen-bond acceptors (Lipinski definition) is 6. The zero-order chi connectivity index (χ0) is 23.7. The van der Waals surface area contributed by atoms with Crippen molar-refractivity contribution in [2.45, 2.75) is 50.7 Å². The number of likely N-dealkylation sites (tertiary alicyclic amines) is 1. The van der Waals surface area contributed by atoms with Crippen LogP contribution in [0.2, 0.25) is 5.02 Å². The Morgan fingerprint density at radius 1 is 1.12 bits per heavy atom. The molecule has 0 spiro atoms. The van der Waals surface area contributed by atoms with Gasteiger partial charge in [-0.3, -0.25) is 4.79 Å². The van der Waals surface area contributed by atoms with Crippen LogP contribution in [0.4, 0.5) is 15.9 Å². The first-order chi connectivity index (χ1) is 16.5. The van der Waals surface area contributed by atoms with Gasteiger partial charge in [-0.05, 0) is 56.4 Å². The average Bonchev–Trinajstić information content (AvgIpc) is 3.27. The molecule has 9 heteroatoms. The quantitative estimate of drug-likeness (QED) is 0.498. The second-order valence-electron chi connectivity index (χ2n) is 8.74. The van der Waals surface area contributed by atoms with Crippen LogP contribution in [-0.2, 0) is 4.79 Å². The summed E-state index contributed by atoms with van der Waals surface area (Å²) in [5, 5.41) is 3.96. The lowest BCUT2D eigenvalue weighted by Gasteiger charge is -2.34. The van der Waals surface area contributed by atoms with Gasteiger partial charge in [0.2, 0.25) is 5.91 Å². The SMILES string of the molecule is COc1cc2ncnc(Nc3ccc(F)c(Cl)c3)c2cc1OC1CCC(N2CCCC2=O)CC1. The summed E-state index contributed by atoms with van der Waals surface area (Å²) in [6.45, 7) is 0.878. The summed E-state index contributed by atoms with van der Waals surface area (Å²) in [5.41, 5.74) is 1.30. The fraction of sp³-hybridized carbons (Fsp3) is 0.400. The van der Waals surface area contributed by atoms with Crippen molar-refractivity contribution in [3.05, 3.63) is 47.5 Å². The molecule has 1 saturated carbocycles. The molecule has 178 valence electrons. The number of methoxy groups -OCH3 is 1. The topological polar surface area (TPSA) is 76.6 Å². The monoisotopic (exact) mass is 484 g/mol. The number of anilines is 2. The Labute approximate surface area is 202 Å². The number of halogens is 2. The Morgan fingerprint density at radius 2 is 1.94 bits per heavy atom. The first-order valence-corrected chi connectivity index (χ1v) is 11.9. The van der Waals surface area contributed by atoms with Crippen molar-refractivity contribution >= 4 is 39.9 Å². The number of nitrogens with one attached hydrogen (secondary N) is 1. The van der Waals surface area contributed by atoms with Crippen molar-refractivity contribution in [2.75, 3.05) is 19.0 Å². The van der Waals surface area contributed by atoms with Gasteiger partial charge in [0.1, 0.15) is 18.0 Å².